The number of hydrogen-bond donors (Lipinski definition) is 1. The maximum atomic E-state index is 6.30. The summed E-state index contributed by atoms with van der Waals surface area (Å²) < 4.78 is 1.10. The fourth-order valence-corrected chi connectivity index (χ4v) is 2.66. The molecular formula is C16H27BrN2. The molecule has 0 aliphatic rings. The average molecular weight is 327 g/mol. The highest BCUT2D eigenvalue weighted by atomic mass is 79.9. The van der Waals surface area contributed by atoms with E-state index >= 15 is 0 Å². The summed E-state index contributed by atoms with van der Waals surface area (Å²) in [4.78, 5) is 2.52. The van der Waals surface area contributed by atoms with Crippen LogP contribution in [0.4, 0.5) is 0 Å². The molecule has 0 saturated heterocycles. The van der Waals surface area contributed by atoms with Gasteiger partial charge >= 0.3 is 0 Å². The van der Waals surface area contributed by atoms with Crippen LogP contribution in [0.3, 0.4) is 0 Å². The Morgan fingerprint density at radius 1 is 1.21 bits per heavy atom. The molecule has 0 heterocycles. The number of benzene rings is 1. The zero-order chi connectivity index (χ0) is 14.4. The predicted molar refractivity (Wildman–Crippen MR) is 87.2 cm³/mol. The number of halogens is 1. The molecule has 0 fully saturated rings. The summed E-state index contributed by atoms with van der Waals surface area (Å²) in [5.74, 6) is 0.699. The Labute approximate surface area is 126 Å². The quantitative estimate of drug-likeness (QED) is 0.813. The smallest absolute Gasteiger partial charge is 0.0307 e. The first kappa shape index (κ1) is 16.7. The molecule has 2 N–H and O–H groups in total. The number of rotatable bonds is 7. The molecule has 19 heavy (non-hydrogen) atoms. The van der Waals surface area contributed by atoms with E-state index < -0.39 is 0 Å². The maximum absolute atomic E-state index is 6.30. The summed E-state index contributed by atoms with van der Waals surface area (Å²) in [6.07, 6.45) is 1.00. The van der Waals surface area contributed by atoms with E-state index in [1.165, 1.54) is 5.56 Å². The molecule has 2 nitrogen and oxygen atoms in total. The minimum absolute atomic E-state index is 0.117. The van der Waals surface area contributed by atoms with Crippen molar-refractivity contribution in [2.75, 3.05) is 13.1 Å². The monoisotopic (exact) mass is 326 g/mol. The fourth-order valence-electron chi connectivity index (χ4n) is 2.24. The van der Waals surface area contributed by atoms with Crippen LogP contribution in [0, 0.1) is 5.92 Å². The van der Waals surface area contributed by atoms with E-state index in [2.05, 4.69) is 60.7 Å². The summed E-state index contributed by atoms with van der Waals surface area (Å²) in [7, 11) is 0. The van der Waals surface area contributed by atoms with Crippen LogP contribution in [0.5, 0.6) is 0 Å². The van der Waals surface area contributed by atoms with Crippen molar-refractivity contribution in [3.8, 4) is 0 Å². The summed E-state index contributed by atoms with van der Waals surface area (Å²) in [6, 6.07) is 9.01. The van der Waals surface area contributed by atoms with E-state index in [4.69, 9.17) is 5.73 Å². The molecule has 1 aromatic rings. The van der Waals surface area contributed by atoms with E-state index in [9.17, 15) is 0 Å². The molecule has 1 atom stereocenters. The Kier molecular flexibility index (Phi) is 7.05. The Bertz CT molecular complexity index is 377. The van der Waals surface area contributed by atoms with Crippen LogP contribution in [0.1, 0.15) is 45.7 Å². The number of nitrogens with two attached hydrogens (primary N) is 1. The molecule has 0 aliphatic carbocycles. The van der Waals surface area contributed by atoms with E-state index in [-0.39, 0.29) is 6.04 Å². The van der Waals surface area contributed by atoms with Crippen molar-refractivity contribution in [1.82, 2.24) is 4.90 Å². The highest BCUT2D eigenvalue weighted by Gasteiger charge is 2.14. The van der Waals surface area contributed by atoms with Crippen LogP contribution in [-0.2, 0) is 0 Å². The highest BCUT2D eigenvalue weighted by molar-refractivity contribution is 9.10. The van der Waals surface area contributed by atoms with Gasteiger partial charge in [-0.1, -0.05) is 41.9 Å². The van der Waals surface area contributed by atoms with Gasteiger partial charge in [0.05, 0.1) is 0 Å². The van der Waals surface area contributed by atoms with Crippen molar-refractivity contribution in [2.24, 2.45) is 11.7 Å². The zero-order valence-corrected chi connectivity index (χ0v) is 14.2. The number of hydrogen-bond acceptors (Lipinski definition) is 2. The first-order valence-corrected chi connectivity index (χ1v) is 7.94. The van der Waals surface area contributed by atoms with Crippen molar-refractivity contribution in [2.45, 2.75) is 46.2 Å². The molecule has 108 valence electrons. The maximum Gasteiger partial charge on any atom is 0.0307 e. The van der Waals surface area contributed by atoms with Gasteiger partial charge in [-0.05, 0) is 43.9 Å². The molecular weight excluding hydrogens is 300 g/mol. The van der Waals surface area contributed by atoms with Crippen LogP contribution >= 0.6 is 15.9 Å². The summed E-state index contributed by atoms with van der Waals surface area (Å²) in [6.45, 7) is 11.2. The van der Waals surface area contributed by atoms with Gasteiger partial charge < -0.3 is 10.6 Å². The highest BCUT2D eigenvalue weighted by Crippen LogP contribution is 2.19. The van der Waals surface area contributed by atoms with Gasteiger partial charge in [0.15, 0.2) is 0 Å². The van der Waals surface area contributed by atoms with Crippen molar-refractivity contribution in [3.63, 3.8) is 0 Å². The van der Waals surface area contributed by atoms with Gasteiger partial charge in [-0.3, -0.25) is 0 Å². The molecule has 1 rings (SSSR count). The van der Waals surface area contributed by atoms with Gasteiger partial charge in [-0.25, -0.2) is 0 Å². The minimum atomic E-state index is 0.117. The SMILES string of the molecule is CC(C)CN(CCC(N)c1cccc(Br)c1)C(C)C. The second-order valence-corrected chi connectivity index (χ2v) is 6.85. The van der Waals surface area contributed by atoms with Crippen molar-refractivity contribution >= 4 is 15.9 Å². The van der Waals surface area contributed by atoms with Crippen LogP contribution in [0.25, 0.3) is 0 Å². The predicted octanol–water partition coefficient (Wildman–Crippen LogP) is 4.21. The normalized spacial score (nSPS) is 13.5. The topological polar surface area (TPSA) is 29.3 Å². The molecule has 1 unspecified atom stereocenters. The van der Waals surface area contributed by atoms with E-state index in [1.54, 1.807) is 0 Å². The largest absolute Gasteiger partial charge is 0.324 e. The Hall–Kier alpha value is -0.380. The van der Waals surface area contributed by atoms with Gasteiger partial charge in [-0.2, -0.15) is 0 Å². The lowest BCUT2D eigenvalue weighted by Gasteiger charge is -2.29. The molecule has 0 saturated carbocycles. The van der Waals surface area contributed by atoms with Crippen molar-refractivity contribution in [1.29, 1.82) is 0 Å². The third-order valence-electron chi connectivity index (χ3n) is 3.33. The lowest BCUT2D eigenvalue weighted by Crippen LogP contribution is -2.36. The van der Waals surface area contributed by atoms with Crippen LogP contribution in [0.2, 0.25) is 0 Å². The van der Waals surface area contributed by atoms with Gasteiger partial charge in [0.25, 0.3) is 0 Å². The van der Waals surface area contributed by atoms with Crippen LogP contribution < -0.4 is 5.73 Å². The molecule has 0 spiro atoms. The standard InChI is InChI=1S/C16H27BrN2/c1-12(2)11-19(13(3)4)9-8-16(18)14-6-5-7-15(17)10-14/h5-7,10,12-13,16H,8-9,11,18H2,1-4H3. The molecule has 0 aromatic heterocycles. The summed E-state index contributed by atoms with van der Waals surface area (Å²) in [5, 5.41) is 0. The summed E-state index contributed by atoms with van der Waals surface area (Å²) >= 11 is 3.50. The minimum Gasteiger partial charge on any atom is -0.324 e. The van der Waals surface area contributed by atoms with Crippen LogP contribution in [-0.4, -0.2) is 24.0 Å². The van der Waals surface area contributed by atoms with Gasteiger partial charge in [0.2, 0.25) is 0 Å². The summed E-state index contributed by atoms with van der Waals surface area (Å²) in [5.41, 5.74) is 7.51. The van der Waals surface area contributed by atoms with Gasteiger partial charge in [0.1, 0.15) is 0 Å². The third kappa shape index (κ3) is 6.07. The molecule has 0 bridgehead atoms. The van der Waals surface area contributed by atoms with E-state index in [1.807, 2.05) is 12.1 Å². The first-order chi connectivity index (χ1) is 8.90. The zero-order valence-electron chi connectivity index (χ0n) is 12.6. The Morgan fingerprint density at radius 2 is 1.89 bits per heavy atom. The molecule has 0 radical (unpaired) electrons. The van der Waals surface area contributed by atoms with E-state index in [0.29, 0.717) is 12.0 Å². The average Bonchev–Trinajstić information content (AvgIpc) is 2.33. The van der Waals surface area contributed by atoms with Gasteiger partial charge in [-0.15, -0.1) is 0 Å². The molecule has 0 aliphatic heterocycles. The second kappa shape index (κ2) is 8.03. The van der Waals surface area contributed by atoms with Crippen molar-refractivity contribution < 1.29 is 0 Å². The van der Waals surface area contributed by atoms with Crippen molar-refractivity contribution in [3.05, 3.63) is 34.3 Å². The number of nitrogens with zero attached hydrogens (tertiary/aromatic N) is 1. The lowest BCUT2D eigenvalue weighted by molar-refractivity contribution is 0.191. The molecule has 0 amide bonds. The van der Waals surface area contributed by atoms with Crippen LogP contribution in [0.15, 0.2) is 28.7 Å². The van der Waals surface area contributed by atoms with Gasteiger partial charge in [0, 0.05) is 29.6 Å². The Balaban J connectivity index is 2.54. The molecule has 3 heteroatoms. The van der Waals surface area contributed by atoms with E-state index in [0.717, 1.165) is 24.0 Å². The lowest BCUT2D eigenvalue weighted by atomic mass is 10.0. The first-order valence-electron chi connectivity index (χ1n) is 7.15. The Morgan fingerprint density at radius 3 is 2.42 bits per heavy atom. The third-order valence-corrected chi connectivity index (χ3v) is 3.83. The molecule has 1 aromatic carbocycles. The fraction of sp³-hybridized carbons (Fsp3) is 0.625. The second-order valence-electron chi connectivity index (χ2n) is 5.93.